The minimum absolute atomic E-state index is 0. The molecule has 0 aromatic heterocycles. The van der Waals surface area contributed by atoms with E-state index < -0.39 is 16.6 Å². The molecule has 3 heteroatoms. The van der Waals surface area contributed by atoms with E-state index in [9.17, 15) is 0 Å². The Bertz CT molecular complexity index is 1770. The first kappa shape index (κ1) is 38.9. The molecule has 1 saturated heterocycles. The summed E-state index contributed by atoms with van der Waals surface area (Å²) >= 11 is -2.69. The van der Waals surface area contributed by atoms with Crippen molar-refractivity contribution in [3.8, 4) is 22.3 Å². The van der Waals surface area contributed by atoms with Crippen LogP contribution in [0.25, 0.3) is 34.4 Å². The molecule has 1 aliphatic heterocycles. The van der Waals surface area contributed by atoms with E-state index in [1.807, 2.05) is 0 Å². The normalized spacial score (nSPS) is 18.6. The van der Waals surface area contributed by atoms with Crippen molar-refractivity contribution < 1.29 is 41.4 Å². The van der Waals surface area contributed by atoms with Crippen molar-refractivity contribution in [2.45, 2.75) is 105 Å². The fourth-order valence-electron chi connectivity index (χ4n) is 9.27. The van der Waals surface area contributed by atoms with Crippen LogP contribution >= 0.6 is 0 Å². The van der Waals surface area contributed by atoms with Crippen LogP contribution in [0, 0.1) is 10.8 Å². The van der Waals surface area contributed by atoms with Crippen LogP contribution in [0.2, 0.25) is 9.45 Å². The van der Waals surface area contributed by atoms with E-state index in [0.29, 0.717) is 20.3 Å². The largest absolute Gasteiger partial charge is 1.00 e. The summed E-state index contributed by atoms with van der Waals surface area (Å²) in [6.45, 7) is 24.0. The first-order valence-electron chi connectivity index (χ1n) is 18.6. The first-order chi connectivity index (χ1) is 22.7. The van der Waals surface area contributed by atoms with Crippen LogP contribution in [0.3, 0.4) is 0 Å². The maximum atomic E-state index is 2.67. The molecule has 0 saturated carbocycles. The van der Waals surface area contributed by atoms with Crippen molar-refractivity contribution in [2.24, 2.45) is 10.8 Å². The Morgan fingerprint density at radius 1 is 0.520 bits per heavy atom. The molecule has 50 heavy (non-hydrogen) atoms. The van der Waals surface area contributed by atoms with Crippen LogP contribution in [0.1, 0.15) is 129 Å². The number of fused-ring (bicyclic) bond motifs is 2. The molecule has 0 spiro atoms. The standard InChI is InChI=1S/2C22H25.C3H6.2ClH.Ti/c2*1-15(2)16-9-11-17(12-10-16)20-8-6-7-18-13-19(14-21(18)20)22(3,4)5;1-3-2;;;/h2*6-15H,1-5H3;1-3H2;2*1H;/q;;;;;+2/p-2. The van der Waals surface area contributed by atoms with Crippen LogP contribution in [-0.4, -0.2) is 0 Å². The summed E-state index contributed by atoms with van der Waals surface area (Å²) in [6.07, 6.45) is 6.72. The molecular weight excluding hydrogens is 683 g/mol. The summed E-state index contributed by atoms with van der Waals surface area (Å²) in [5.74, 6) is 1.09. The molecule has 1 heterocycles. The van der Waals surface area contributed by atoms with Crippen molar-refractivity contribution in [3.63, 3.8) is 0 Å². The molecule has 4 aromatic carbocycles. The van der Waals surface area contributed by atoms with E-state index in [-0.39, 0.29) is 35.6 Å². The molecule has 262 valence electrons. The van der Waals surface area contributed by atoms with Crippen molar-refractivity contribution in [3.05, 3.63) is 129 Å². The second kappa shape index (κ2) is 14.2. The third-order valence-corrected chi connectivity index (χ3v) is 21.6. The quantitative estimate of drug-likeness (QED) is 0.175. The molecule has 0 radical (unpaired) electrons. The third kappa shape index (κ3) is 6.58. The maximum Gasteiger partial charge on any atom is -1.00 e. The minimum Gasteiger partial charge on any atom is -1.00 e. The molecule has 7 rings (SSSR count). The zero-order valence-corrected chi connectivity index (χ0v) is 35.0. The van der Waals surface area contributed by atoms with Gasteiger partial charge in [-0.1, -0.05) is 0 Å². The fraction of sp³-hybridized carbons (Fsp3) is 0.404. The van der Waals surface area contributed by atoms with Gasteiger partial charge in [0.05, 0.1) is 0 Å². The van der Waals surface area contributed by atoms with Gasteiger partial charge >= 0.3 is 297 Å². The summed E-state index contributed by atoms with van der Waals surface area (Å²) in [5, 5.41) is 0. The fourth-order valence-corrected chi connectivity index (χ4v) is 19.7. The Hall–Kier alpha value is -2.35. The Kier molecular flexibility index (Phi) is 11.1. The Morgan fingerprint density at radius 2 is 0.880 bits per heavy atom. The van der Waals surface area contributed by atoms with Gasteiger partial charge in [-0.2, -0.15) is 0 Å². The molecule has 0 bridgehead atoms. The zero-order valence-electron chi connectivity index (χ0n) is 31.9. The predicted octanol–water partition coefficient (Wildman–Crippen LogP) is 8.34. The van der Waals surface area contributed by atoms with E-state index in [0.717, 1.165) is 0 Å². The summed E-state index contributed by atoms with van der Waals surface area (Å²) in [6, 6.07) is 33.4. The van der Waals surface area contributed by atoms with Gasteiger partial charge in [0.15, 0.2) is 0 Å². The van der Waals surface area contributed by atoms with E-state index in [2.05, 4.69) is 166 Å². The summed E-state index contributed by atoms with van der Waals surface area (Å²) < 4.78 is 4.07. The Balaban J connectivity index is 0.00000243. The van der Waals surface area contributed by atoms with Crippen molar-refractivity contribution in [1.29, 1.82) is 0 Å². The monoisotopic (exact) mass is 738 g/mol. The van der Waals surface area contributed by atoms with Gasteiger partial charge < -0.3 is 24.8 Å². The van der Waals surface area contributed by atoms with E-state index >= 15 is 0 Å². The van der Waals surface area contributed by atoms with Gasteiger partial charge in [-0.25, -0.2) is 0 Å². The van der Waals surface area contributed by atoms with Crippen molar-refractivity contribution in [2.75, 3.05) is 0 Å². The van der Waals surface area contributed by atoms with Gasteiger partial charge in [-0.15, -0.1) is 0 Å². The van der Waals surface area contributed by atoms with Gasteiger partial charge in [0.2, 0.25) is 0 Å². The van der Waals surface area contributed by atoms with Crippen LogP contribution < -0.4 is 24.8 Å². The molecule has 2 aliphatic carbocycles. The van der Waals surface area contributed by atoms with E-state index in [1.165, 1.54) is 60.4 Å². The average molecular weight is 740 g/mol. The molecule has 0 nitrogen and oxygen atoms in total. The van der Waals surface area contributed by atoms with Gasteiger partial charge in [0.25, 0.3) is 0 Å². The van der Waals surface area contributed by atoms with Crippen LogP contribution in [0.4, 0.5) is 0 Å². The third-order valence-electron chi connectivity index (χ3n) is 12.1. The number of hydrogen-bond donors (Lipinski definition) is 0. The average Bonchev–Trinajstić information content (AvgIpc) is 3.62. The number of halogens is 2. The second-order valence-electron chi connectivity index (χ2n) is 17.8. The maximum absolute atomic E-state index is 2.69. The topological polar surface area (TPSA) is 0 Å². The first-order valence-corrected chi connectivity index (χ1v) is 22.6. The number of benzene rings is 4. The Morgan fingerprint density at radius 3 is 1.16 bits per heavy atom. The van der Waals surface area contributed by atoms with Gasteiger partial charge in [0, 0.05) is 0 Å². The van der Waals surface area contributed by atoms with Crippen LogP contribution in [0.15, 0.2) is 96.1 Å². The number of hydrogen-bond acceptors (Lipinski definition) is 0. The van der Waals surface area contributed by atoms with E-state index in [1.54, 1.807) is 22.3 Å². The Labute approximate surface area is 319 Å². The molecule has 0 N–H and O–H groups in total. The van der Waals surface area contributed by atoms with Crippen LogP contribution in [-0.2, 0) is 16.6 Å². The number of allylic oxidation sites excluding steroid dienone is 2. The summed E-state index contributed by atoms with van der Waals surface area (Å²) in [7, 11) is 0. The number of rotatable bonds is 6. The second-order valence-corrected chi connectivity index (χ2v) is 25.0. The van der Waals surface area contributed by atoms with Crippen molar-refractivity contribution >= 4 is 12.2 Å². The minimum atomic E-state index is -2.69. The van der Waals surface area contributed by atoms with Crippen LogP contribution in [0.5, 0.6) is 0 Å². The SMILES string of the molecule is CC(C)c1ccc(-c2cccc3c2C=C(C(C)(C)C)[CH]3[Ti+2]2([CH]3C(C(C)(C)C)=Cc4c(-c5ccc(C(C)C)cc5)cccc43)[CH2]C[CH2]2)cc1.[Cl-].[Cl-]. The molecule has 2 unspecified atom stereocenters. The van der Waals surface area contributed by atoms with Gasteiger partial charge in [-0.05, 0) is 0 Å². The summed E-state index contributed by atoms with van der Waals surface area (Å²) in [4.78, 5) is 0. The molecule has 4 aromatic rings. The predicted molar refractivity (Wildman–Crippen MR) is 207 cm³/mol. The molecule has 0 amide bonds. The molecule has 1 fully saturated rings. The van der Waals surface area contributed by atoms with Gasteiger partial charge in [0.1, 0.15) is 0 Å². The zero-order chi connectivity index (χ0) is 34.2. The molecule has 2 atom stereocenters. The molecule has 3 aliphatic rings. The summed E-state index contributed by atoms with van der Waals surface area (Å²) in [5.41, 5.74) is 18.2. The molecular formula is C47H56Cl2Ti. The van der Waals surface area contributed by atoms with Crippen molar-refractivity contribution in [1.82, 2.24) is 0 Å². The smallest absolute Gasteiger partial charge is 1.00 e. The van der Waals surface area contributed by atoms with E-state index in [4.69, 9.17) is 0 Å². The van der Waals surface area contributed by atoms with Gasteiger partial charge in [-0.3, -0.25) is 0 Å².